The van der Waals surface area contributed by atoms with Gasteiger partial charge < -0.3 is 14.2 Å². The SMILES string of the molecule is CCOc1c(Br)cc(/C=C2/SC(=S)N(c3ccccc3OC)C2=O)cc1OC. The molecule has 1 fully saturated rings. The minimum atomic E-state index is -0.191. The monoisotopic (exact) mass is 479 g/mol. The smallest absolute Gasteiger partial charge is 0.270 e. The summed E-state index contributed by atoms with van der Waals surface area (Å²) in [5, 5.41) is 0. The van der Waals surface area contributed by atoms with Crippen molar-refractivity contribution in [2.75, 3.05) is 25.7 Å². The predicted molar refractivity (Wildman–Crippen MR) is 121 cm³/mol. The Hall–Kier alpha value is -2.03. The highest BCUT2D eigenvalue weighted by molar-refractivity contribution is 9.10. The third kappa shape index (κ3) is 4.04. The summed E-state index contributed by atoms with van der Waals surface area (Å²) in [6.45, 7) is 2.43. The Morgan fingerprint density at radius 3 is 2.57 bits per heavy atom. The lowest BCUT2D eigenvalue weighted by Gasteiger charge is -2.17. The molecule has 0 spiro atoms. The Morgan fingerprint density at radius 1 is 1.18 bits per heavy atom. The first-order chi connectivity index (χ1) is 13.5. The zero-order valence-electron chi connectivity index (χ0n) is 15.5. The molecule has 1 heterocycles. The Morgan fingerprint density at radius 2 is 1.89 bits per heavy atom. The van der Waals surface area contributed by atoms with Crippen LogP contribution >= 0.6 is 39.9 Å². The summed E-state index contributed by atoms with van der Waals surface area (Å²) in [5.74, 6) is 1.61. The highest BCUT2D eigenvalue weighted by Gasteiger charge is 2.34. The average Bonchev–Trinajstić information content (AvgIpc) is 2.96. The molecule has 0 saturated carbocycles. The Kier molecular flexibility index (Phi) is 6.64. The molecule has 28 heavy (non-hydrogen) atoms. The van der Waals surface area contributed by atoms with Crippen molar-refractivity contribution in [2.45, 2.75) is 6.92 Å². The van der Waals surface area contributed by atoms with Gasteiger partial charge in [0.05, 0.1) is 35.9 Å². The van der Waals surface area contributed by atoms with Gasteiger partial charge in [0, 0.05) is 0 Å². The molecule has 0 bridgehead atoms. The van der Waals surface area contributed by atoms with Gasteiger partial charge in [-0.15, -0.1) is 0 Å². The van der Waals surface area contributed by atoms with Crippen LogP contribution in [0.15, 0.2) is 45.8 Å². The molecule has 0 aromatic heterocycles. The third-order valence-corrected chi connectivity index (χ3v) is 5.85. The number of methoxy groups -OCH3 is 2. The van der Waals surface area contributed by atoms with Crippen LogP contribution in [0.25, 0.3) is 6.08 Å². The van der Waals surface area contributed by atoms with Crippen molar-refractivity contribution < 1.29 is 19.0 Å². The highest BCUT2D eigenvalue weighted by Crippen LogP contribution is 2.41. The first-order valence-electron chi connectivity index (χ1n) is 8.41. The van der Waals surface area contributed by atoms with E-state index < -0.39 is 0 Å². The molecule has 1 aliphatic heterocycles. The Bertz CT molecular complexity index is 961. The van der Waals surface area contributed by atoms with Crippen LogP contribution in [0.2, 0.25) is 0 Å². The number of carbonyl (C=O) groups excluding carboxylic acids is 1. The van der Waals surface area contributed by atoms with Crippen LogP contribution < -0.4 is 19.1 Å². The highest BCUT2D eigenvalue weighted by atomic mass is 79.9. The van der Waals surface area contributed by atoms with Crippen molar-refractivity contribution in [3.05, 3.63) is 51.3 Å². The van der Waals surface area contributed by atoms with E-state index in [0.717, 1.165) is 10.0 Å². The largest absolute Gasteiger partial charge is 0.495 e. The van der Waals surface area contributed by atoms with Crippen LogP contribution in [0.3, 0.4) is 0 Å². The van der Waals surface area contributed by atoms with Gasteiger partial charge in [-0.05, 0) is 58.8 Å². The van der Waals surface area contributed by atoms with Gasteiger partial charge in [-0.1, -0.05) is 36.1 Å². The fourth-order valence-corrected chi connectivity index (χ4v) is 4.61. The summed E-state index contributed by atoms with van der Waals surface area (Å²) in [6, 6.07) is 11.0. The molecular formula is C20H18BrNO4S2. The summed E-state index contributed by atoms with van der Waals surface area (Å²) < 4.78 is 17.6. The van der Waals surface area contributed by atoms with Crippen LogP contribution in [-0.4, -0.2) is 31.1 Å². The van der Waals surface area contributed by atoms with Crippen LogP contribution in [0.1, 0.15) is 12.5 Å². The molecular weight excluding hydrogens is 462 g/mol. The summed E-state index contributed by atoms with van der Waals surface area (Å²) in [4.78, 5) is 15.0. The fraction of sp³-hybridized carbons (Fsp3) is 0.200. The molecule has 0 aliphatic carbocycles. The number of hydrogen-bond donors (Lipinski definition) is 0. The number of thiocarbonyl (C=S) groups is 1. The van der Waals surface area contributed by atoms with Gasteiger partial charge >= 0.3 is 0 Å². The molecule has 0 N–H and O–H groups in total. The average molecular weight is 480 g/mol. The van der Waals surface area contributed by atoms with E-state index in [1.807, 2.05) is 37.3 Å². The van der Waals surface area contributed by atoms with E-state index in [9.17, 15) is 4.79 Å². The fourth-order valence-electron chi connectivity index (χ4n) is 2.75. The number of para-hydroxylation sites is 2. The molecule has 0 radical (unpaired) electrons. The normalized spacial score (nSPS) is 15.3. The van der Waals surface area contributed by atoms with Gasteiger partial charge in [-0.2, -0.15) is 0 Å². The van der Waals surface area contributed by atoms with Crippen molar-refractivity contribution >= 4 is 61.9 Å². The molecule has 5 nitrogen and oxygen atoms in total. The zero-order chi connectivity index (χ0) is 20.3. The lowest BCUT2D eigenvalue weighted by Crippen LogP contribution is -2.27. The van der Waals surface area contributed by atoms with Crippen LogP contribution in [0.5, 0.6) is 17.2 Å². The van der Waals surface area contributed by atoms with Crippen molar-refractivity contribution in [1.29, 1.82) is 0 Å². The van der Waals surface area contributed by atoms with Gasteiger partial charge in [-0.3, -0.25) is 9.69 Å². The van der Waals surface area contributed by atoms with Gasteiger partial charge in [0.25, 0.3) is 5.91 Å². The maximum atomic E-state index is 13.0. The summed E-state index contributed by atoms with van der Waals surface area (Å²) >= 11 is 10.2. The first kappa shape index (κ1) is 20.7. The maximum Gasteiger partial charge on any atom is 0.270 e. The van der Waals surface area contributed by atoms with E-state index in [-0.39, 0.29) is 5.91 Å². The van der Waals surface area contributed by atoms with Crippen molar-refractivity contribution in [3.8, 4) is 17.2 Å². The van der Waals surface area contributed by atoms with Gasteiger partial charge in [-0.25, -0.2) is 0 Å². The number of halogens is 1. The molecule has 1 amide bonds. The van der Waals surface area contributed by atoms with E-state index in [0.29, 0.717) is 38.8 Å². The number of nitrogens with zero attached hydrogens (tertiary/aromatic N) is 1. The molecule has 0 unspecified atom stereocenters. The van der Waals surface area contributed by atoms with Crippen molar-refractivity contribution in [1.82, 2.24) is 0 Å². The number of carbonyl (C=O) groups is 1. The summed E-state index contributed by atoms with van der Waals surface area (Å²) in [6.07, 6.45) is 1.79. The lowest BCUT2D eigenvalue weighted by molar-refractivity contribution is -0.113. The topological polar surface area (TPSA) is 48.0 Å². The number of amides is 1. The molecule has 3 rings (SSSR count). The number of benzene rings is 2. The molecule has 0 atom stereocenters. The molecule has 8 heteroatoms. The standard InChI is InChI=1S/C20H18BrNO4S2/c1-4-26-18-13(21)9-12(10-16(18)25-3)11-17-19(23)22(20(27)28-17)14-7-5-6-8-15(14)24-2/h5-11H,4H2,1-3H3/b17-11+. The summed E-state index contributed by atoms with van der Waals surface area (Å²) in [5.41, 5.74) is 1.43. The van der Waals surface area contributed by atoms with Crippen LogP contribution in [-0.2, 0) is 4.79 Å². The summed E-state index contributed by atoms with van der Waals surface area (Å²) in [7, 11) is 3.14. The van der Waals surface area contributed by atoms with E-state index in [2.05, 4.69) is 15.9 Å². The maximum absolute atomic E-state index is 13.0. The number of hydrogen-bond acceptors (Lipinski definition) is 6. The van der Waals surface area contributed by atoms with E-state index in [4.69, 9.17) is 26.4 Å². The van der Waals surface area contributed by atoms with Gasteiger partial charge in [0.15, 0.2) is 15.8 Å². The number of ether oxygens (including phenoxy) is 3. The first-order valence-corrected chi connectivity index (χ1v) is 10.4. The lowest BCUT2D eigenvalue weighted by atomic mass is 10.1. The Balaban J connectivity index is 1.97. The van der Waals surface area contributed by atoms with E-state index >= 15 is 0 Å². The minimum Gasteiger partial charge on any atom is -0.495 e. The minimum absolute atomic E-state index is 0.191. The second-order valence-corrected chi connectivity index (χ2v) is 8.19. The van der Waals surface area contributed by atoms with Crippen LogP contribution in [0.4, 0.5) is 5.69 Å². The van der Waals surface area contributed by atoms with E-state index in [1.54, 1.807) is 26.4 Å². The van der Waals surface area contributed by atoms with Gasteiger partial charge in [0.1, 0.15) is 5.75 Å². The van der Waals surface area contributed by atoms with Crippen molar-refractivity contribution in [2.24, 2.45) is 0 Å². The predicted octanol–water partition coefficient (Wildman–Crippen LogP) is 5.27. The molecule has 146 valence electrons. The Labute approximate surface area is 181 Å². The molecule has 1 saturated heterocycles. The van der Waals surface area contributed by atoms with Crippen molar-refractivity contribution in [3.63, 3.8) is 0 Å². The molecule has 2 aromatic rings. The second kappa shape index (κ2) is 8.98. The van der Waals surface area contributed by atoms with E-state index in [1.165, 1.54) is 16.7 Å². The number of thioether (sulfide) groups is 1. The van der Waals surface area contributed by atoms with Crippen LogP contribution in [0, 0.1) is 0 Å². The second-order valence-electron chi connectivity index (χ2n) is 5.66. The zero-order valence-corrected chi connectivity index (χ0v) is 18.7. The number of rotatable bonds is 6. The number of anilines is 1. The van der Waals surface area contributed by atoms with Gasteiger partial charge in [0.2, 0.25) is 0 Å². The molecule has 2 aromatic carbocycles. The molecule has 1 aliphatic rings. The third-order valence-electron chi connectivity index (χ3n) is 3.96. The quantitative estimate of drug-likeness (QED) is 0.415.